The Labute approximate surface area is 120 Å². The summed E-state index contributed by atoms with van der Waals surface area (Å²) in [5.74, 6) is -1.72. The van der Waals surface area contributed by atoms with Gasteiger partial charge in [-0.2, -0.15) is 0 Å². The molecular weight excluding hydrogens is 275 g/mol. The van der Waals surface area contributed by atoms with E-state index in [4.69, 9.17) is 5.11 Å². The number of benzene rings is 1. The summed E-state index contributed by atoms with van der Waals surface area (Å²) in [5, 5.41) is 9.03. The minimum Gasteiger partial charge on any atom is -0.477 e. The smallest absolute Gasteiger partial charge is 0.352 e. The van der Waals surface area contributed by atoms with Crippen LogP contribution in [0.4, 0.5) is 10.1 Å². The van der Waals surface area contributed by atoms with Gasteiger partial charge in [-0.15, -0.1) is 0 Å². The first kappa shape index (κ1) is 13.4. The molecule has 2 heterocycles. The van der Waals surface area contributed by atoms with Crippen LogP contribution in [0.15, 0.2) is 36.5 Å². The Morgan fingerprint density at radius 2 is 2.10 bits per heavy atom. The number of carbonyl (C=O) groups is 2. The van der Waals surface area contributed by atoms with Gasteiger partial charge in [0.15, 0.2) is 0 Å². The van der Waals surface area contributed by atoms with E-state index in [2.05, 4.69) is 0 Å². The molecule has 6 heteroatoms. The molecule has 0 fully saturated rings. The van der Waals surface area contributed by atoms with Crippen LogP contribution in [-0.4, -0.2) is 28.1 Å². The van der Waals surface area contributed by atoms with Gasteiger partial charge in [0.05, 0.1) is 0 Å². The summed E-state index contributed by atoms with van der Waals surface area (Å²) in [4.78, 5) is 24.9. The Morgan fingerprint density at radius 1 is 1.29 bits per heavy atom. The second-order valence-corrected chi connectivity index (χ2v) is 4.89. The first-order chi connectivity index (χ1) is 10.1. The Bertz CT molecular complexity index is 723. The van der Waals surface area contributed by atoms with Crippen LogP contribution in [0, 0.1) is 5.82 Å². The number of amides is 1. The van der Waals surface area contributed by atoms with Gasteiger partial charge in [-0.05, 0) is 36.2 Å². The highest BCUT2D eigenvalue weighted by molar-refractivity contribution is 5.96. The number of carbonyl (C=O) groups excluding carboxylic acids is 1. The molecule has 1 N–H and O–H groups in total. The fourth-order valence-corrected chi connectivity index (χ4v) is 2.59. The van der Waals surface area contributed by atoms with E-state index in [1.165, 1.54) is 27.7 Å². The van der Waals surface area contributed by atoms with Crippen LogP contribution < -0.4 is 4.90 Å². The average Bonchev–Trinajstić information content (AvgIpc) is 3.04. The third-order valence-electron chi connectivity index (χ3n) is 3.60. The molecule has 0 aliphatic carbocycles. The van der Waals surface area contributed by atoms with Crippen LogP contribution in [0.2, 0.25) is 0 Å². The normalized spacial score (nSPS) is 13.3. The van der Waals surface area contributed by atoms with Crippen molar-refractivity contribution in [1.82, 2.24) is 4.57 Å². The molecule has 0 unspecified atom stereocenters. The number of rotatable bonds is 3. The third-order valence-corrected chi connectivity index (χ3v) is 3.60. The molecule has 0 radical (unpaired) electrons. The van der Waals surface area contributed by atoms with Gasteiger partial charge in [0.25, 0.3) is 0 Å². The summed E-state index contributed by atoms with van der Waals surface area (Å²) in [6, 6.07) is 7.41. The second kappa shape index (κ2) is 5.05. The van der Waals surface area contributed by atoms with E-state index in [1.54, 1.807) is 18.3 Å². The topological polar surface area (TPSA) is 62.5 Å². The predicted octanol–water partition coefficient (Wildman–Crippen LogP) is 1.91. The van der Waals surface area contributed by atoms with Gasteiger partial charge >= 0.3 is 5.97 Å². The maximum absolute atomic E-state index is 13.3. The number of carboxylic acid groups (broad SMARTS) is 1. The van der Waals surface area contributed by atoms with Gasteiger partial charge in [0, 0.05) is 18.4 Å². The lowest BCUT2D eigenvalue weighted by atomic mass is 10.2. The van der Waals surface area contributed by atoms with E-state index in [1.807, 2.05) is 0 Å². The predicted molar refractivity (Wildman–Crippen MR) is 73.8 cm³/mol. The number of aromatic nitrogens is 1. The molecule has 1 aromatic carbocycles. The minimum atomic E-state index is -1.08. The number of anilines is 1. The van der Waals surface area contributed by atoms with Gasteiger partial charge in [-0.1, -0.05) is 6.07 Å². The molecule has 2 aromatic rings. The number of hydrogen-bond acceptors (Lipinski definition) is 2. The van der Waals surface area contributed by atoms with Crippen molar-refractivity contribution in [1.29, 1.82) is 0 Å². The van der Waals surface area contributed by atoms with Crippen molar-refractivity contribution in [3.8, 4) is 0 Å². The highest BCUT2D eigenvalue weighted by atomic mass is 19.1. The van der Waals surface area contributed by atoms with Crippen molar-refractivity contribution >= 4 is 17.6 Å². The lowest BCUT2D eigenvalue weighted by molar-refractivity contribution is -0.119. The van der Waals surface area contributed by atoms with Crippen LogP contribution >= 0.6 is 0 Å². The Hall–Kier alpha value is -2.63. The van der Waals surface area contributed by atoms with Crippen molar-refractivity contribution in [2.75, 3.05) is 11.4 Å². The molecule has 1 amide bonds. The molecular formula is C15H13FN2O3. The average molecular weight is 288 g/mol. The lowest BCUT2D eigenvalue weighted by Crippen LogP contribution is -2.32. The monoisotopic (exact) mass is 288 g/mol. The van der Waals surface area contributed by atoms with E-state index in [9.17, 15) is 14.0 Å². The highest BCUT2D eigenvalue weighted by Gasteiger charge is 2.25. The number of nitrogens with zero attached hydrogens (tertiary/aromatic N) is 2. The molecule has 0 saturated carbocycles. The van der Waals surface area contributed by atoms with Gasteiger partial charge in [-0.3, -0.25) is 4.79 Å². The number of carboxylic acids is 1. The minimum absolute atomic E-state index is 0.0574. The first-order valence-electron chi connectivity index (χ1n) is 6.53. The van der Waals surface area contributed by atoms with Crippen molar-refractivity contribution in [2.45, 2.75) is 13.0 Å². The van der Waals surface area contributed by atoms with Gasteiger partial charge < -0.3 is 14.6 Å². The standard InChI is InChI=1S/C15H13FN2O3/c16-11-4-3-10-5-7-18(13(10)8-11)14(19)9-17-6-1-2-12(17)15(20)21/h1-4,6,8H,5,7,9H2,(H,20,21). The Balaban J connectivity index is 1.83. The molecule has 1 aromatic heterocycles. The maximum Gasteiger partial charge on any atom is 0.352 e. The third kappa shape index (κ3) is 2.40. The molecule has 3 rings (SSSR count). The highest BCUT2D eigenvalue weighted by Crippen LogP contribution is 2.29. The zero-order valence-corrected chi connectivity index (χ0v) is 11.1. The number of fused-ring (bicyclic) bond motifs is 1. The van der Waals surface area contributed by atoms with Crippen LogP contribution in [0.1, 0.15) is 16.1 Å². The molecule has 1 aliphatic heterocycles. The van der Waals surface area contributed by atoms with Crippen molar-refractivity contribution in [2.24, 2.45) is 0 Å². The summed E-state index contributed by atoms with van der Waals surface area (Å²) >= 11 is 0. The summed E-state index contributed by atoms with van der Waals surface area (Å²) in [6.07, 6.45) is 2.22. The van der Waals surface area contributed by atoms with E-state index in [0.29, 0.717) is 18.7 Å². The molecule has 0 spiro atoms. The van der Waals surface area contributed by atoms with Gasteiger partial charge in [0.2, 0.25) is 5.91 Å². The molecule has 21 heavy (non-hydrogen) atoms. The Kier molecular flexibility index (Phi) is 3.21. The summed E-state index contributed by atoms with van der Waals surface area (Å²) in [6.45, 7) is 0.409. The summed E-state index contributed by atoms with van der Waals surface area (Å²) in [7, 11) is 0. The second-order valence-electron chi connectivity index (χ2n) is 4.89. The van der Waals surface area contributed by atoms with Crippen LogP contribution in [-0.2, 0) is 17.8 Å². The summed E-state index contributed by atoms with van der Waals surface area (Å²) in [5.41, 5.74) is 1.56. The molecule has 0 atom stereocenters. The van der Waals surface area contributed by atoms with E-state index >= 15 is 0 Å². The van der Waals surface area contributed by atoms with Crippen LogP contribution in [0.25, 0.3) is 0 Å². The molecule has 1 aliphatic rings. The SMILES string of the molecule is O=C(O)c1cccn1CC(=O)N1CCc2ccc(F)cc21. The Morgan fingerprint density at radius 3 is 2.86 bits per heavy atom. The van der Waals surface area contributed by atoms with Crippen LogP contribution in [0.3, 0.4) is 0 Å². The lowest BCUT2D eigenvalue weighted by Gasteiger charge is -2.18. The van der Waals surface area contributed by atoms with E-state index < -0.39 is 5.97 Å². The maximum atomic E-state index is 13.3. The molecule has 0 saturated heterocycles. The first-order valence-corrected chi connectivity index (χ1v) is 6.53. The van der Waals surface area contributed by atoms with Gasteiger partial charge in [0.1, 0.15) is 18.1 Å². The van der Waals surface area contributed by atoms with Crippen molar-refractivity contribution in [3.05, 3.63) is 53.6 Å². The van der Waals surface area contributed by atoms with E-state index in [-0.39, 0.29) is 24.0 Å². The molecule has 5 nitrogen and oxygen atoms in total. The van der Waals surface area contributed by atoms with E-state index in [0.717, 1.165) is 5.56 Å². The van der Waals surface area contributed by atoms with Crippen molar-refractivity contribution < 1.29 is 19.1 Å². The molecule has 0 bridgehead atoms. The fourth-order valence-electron chi connectivity index (χ4n) is 2.59. The quantitative estimate of drug-likeness (QED) is 0.938. The molecule has 108 valence electrons. The largest absolute Gasteiger partial charge is 0.477 e. The number of aromatic carboxylic acids is 1. The van der Waals surface area contributed by atoms with Crippen molar-refractivity contribution in [3.63, 3.8) is 0 Å². The zero-order chi connectivity index (χ0) is 15.0. The fraction of sp³-hybridized carbons (Fsp3) is 0.200. The van der Waals surface area contributed by atoms with Crippen LogP contribution in [0.5, 0.6) is 0 Å². The number of halogens is 1. The number of hydrogen-bond donors (Lipinski definition) is 1. The zero-order valence-electron chi connectivity index (χ0n) is 11.1. The van der Waals surface area contributed by atoms with Gasteiger partial charge in [-0.25, -0.2) is 9.18 Å². The summed E-state index contributed by atoms with van der Waals surface area (Å²) < 4.78 is 14.7.